The van der Waals surface area contributed by atoms with Gasteiger partial charge in [0.15, 0.2) is 0 Å². The molecule has 110 heavy (non-hydrogen) atoms. The van der Waals surface area contributed by atoms with Gasteiger partial charge >= 0.3 is 6.18 Å². The Morgan fingerprint density at radius 2 is 1.29 bits per heavy atom. The van der Waals surface area contributed by atoms with Gasteiger partial charge in [0, 0.05) is 86.7 Å². The van der Waals surface area contributed by atoms with E-state index in [0.29, 0.717) is 69.0 Å². The second kappa shape index (κ2) is 38.6. The Labute approximate surface area is 649 Å². The number of hydrogen-bond donors (Lipinski definition) is 3. The van der Waals surface area contributed by atoms with E-state index in [1.165, 1.54) is 81.5 Å². The summed E-state index contributed by atoms with van der Waals surface area (Å²) in [6.45, 7) is 8.41. The first-order valence-corrected chi connectivity index (χ1v) is 41.7. The molecule has 12 amide bonds. The number of alkyl halides is 5. The number of halogens is 5. The normalized spacial score (nSPS) is 33.4. The van der Waals surface area contributed by atoms with Crippen molar-refractivity contribution in [3.05, 3.63) is 0 Å². The molecule has 15 atom stereocenters. The van der Waals surface area contributed by atoms with Gasteiger partial charge in [-0.05, 0) is 151 Å². The van der Waals surface area contributed by atoms with E-state index in [4.69, 9.17) is 9.47 Å². The summed E-state index contributed by atoms with van der Waals surface area (Å²) < 4.78 is 84.9. The zero-order valence-electron chi connectivity index (χ0n) is 66.5. The lowest BCUT2D eigenvalue weighted by atomic mass is 9.74. The molecule has 5 aliphatic heterocycles. The van der Waals surface area contributed by atoms with Crippen molar-refractivity contribution in [3.8, 4) is 0 Å². The highest BCUT2D eigenvalue weighted by Gasteiger charge is 2.56. The van der Waals surface area contributed by atoms with Crippen LogP contribution in [0.5, 0.6) is 0 Å². The molecule has 5 saturated heterocycles. The van der Waals surface area contributed by atoms with Crippen LogP contribution in [-0.4, -0.2) is 306 Å². The van der Waals surface area contributed by atoms with Gasteiger partial charge in [-0.3, -0.25) is 57.5 Å². The third kappa shape index (κ3) is 20.7. The minimum absolute atomic E-state index is 0.0333. The molecule has 1 spiro atoms. The molecular formula is C78H123F5N12O14S. The fourth-order valence-corrected chi connectivity index (χ4v) is 20.4. The smallest absolute Gasteiger partial charge is 0.378 e. The molecular weight excluding hydrogens is 1460 g/mol. The number of ether oxygens (including phenoxy) is 2. The van der Waals surface area contributed by atoms with Crippen LogP contribution >= 0.6 is 11.8 Å². The van der Waals surface area contributed by atoms with Gasteiger partial charge in [-0.25, -0.2) is 8.78 Å². The van der Waals surface area contributed by atoms with Gasteiger partial charge < -0.3 is 69.5 Å². The zero-order valence-corrected chi connectivity index (χ0v) is 67.4. The zero-order chi connectivity index (χ0) is 80.4. The average Bonchev–Trinajstić information content (AvgIpc) is 1.14. The Hall–Kier alpha value is -6.44. The highest BCUT2D eigenvalue weighted by Crippen LogP contribution is 2.47. The number of nitrogens with zero attached hydrogens (tertiary/aromatic N) is 9. The van der Waals surface area contributed by atoms with Crippen LogP contribution in [0.25, 0.3) is 0 Å². The number of rotatable bonds is 13. The molecule has 0 radical (unpaired) electrons. The quantitative estimate of drug-likeness (QED) is 0.181. The molecule has 0 aromatic heterocycles. The molecule has 0 aromatic rings. The predicted molar refractivity (Wildman–Crippen MR) is 400 cm³/mol. The number of carbonyl (C=O) groups excluding carboxylic acids is 12. The summed E-state index contributed by atoms with van der Waals surface area (Å²) >= 11 is 1.89. The molecule has 4 aliphatic carbocycles. The number of hydrogen-bond acceptors (Lipinski definition) is 15. The molecule has 9 rings (SSSR count). The van der Waals surface area contributed by atoms with Crippen LogP contribution in [-0.2, 0) is 67.0 Å². The number of likely N-dealkylation sites (N-methyl/N-ethyl adjacent to an activating group) is 6. The number of amides is 12. The lowest BCUT2D eigenvalue weighted by Crippen LogP contribution is -2.68. The molecule has 620 valence electrons. The van der Waals surface area contributed by atoms with E-state index in [9.17, 15) is 27.6 Å². The molecule has 9 aliphatic rings. The lowest BCUT2D eigenvalue weighted by Gasteiger charge is -2.47. The van der Waals surface area contributed by atoms with E-state index >= 15 is 51.9 Å². The first-order valence-electron chi connectivity index (χ1n) is 40.6. The second-order valence-electron chi connectivity index (χ2n) is 33.6. The van der Waals surface area contributed by atoms with Crippen molar-refractivity contribution in [2.45, 2.75) is 272 Å². The van der Waals surface area contributed by atoms with Crippen LogP contribution in [0.2, 0.25) is 0 Å². The van der Waals surface area contributed by atoms with E-state index in [1.54, 1.807) is 13.8 Å². The first-order chi connectivity index (χ1) is 52.1. The van der Waals surface area contributed by atoms with Crippen LogP contribution in [0.1, 0.15) is 189 Å². The fourth-order valence-electron chi connectivity index (χ4n) is 18.7. The van der Waals surface area contributed by atoms with E-state index in [0.717, 1.165) is 36.3 Å². The van der Waals surface area contributed by atoms with Gasteiger partial charge in [0.2, 0.25) is 70.9 Å². The van der Waals surface area contributed by atoms with Gasteiger partial charge in [-0.2, -0.15) is 24.9 Å². The summed E-state index contributed by atoms with van der Waals surface area (Å²) in [7, 11) is 8.56. The van der Waals surface area contributed by atoms with Gasteiger partial charge in [0.1, 0.15) is 72.1 Å². The summed E-state index contributed by atoms with van der Waals surface area (Å²) in [6, 6.07) is -10.5. The van der Waals surface area contributed by atoms with E-state index < -0.39 is 205 Å². The monoisotopic (exact) mass is 1580 g/mol. The van der Waals surface area contributed by atoms with Gasteiger partial charge in [0.05, 0.1) is 38.8 Å². The van der Waals surface area contributed by atoms with Crippen LogP contribution in [0.3, 0.4) is 0 Å². The Bertz CT molecular complexity index is 3260. The van der Waals surface area contributed by atoms with Gasteiger partial charge in [0.25, 0.3) is 0 Å². The highest BCUT2D eigenvalue weighted by molar-refractivity contribution is 8.00. The number of fused-ring (bicyclic) bond motifs is 4. The molecule has 4 saturated carbocycles. The average molecular weight is 1580 g/mol. The first kappa shape index (κ1) is 87.5. The molecule has 9 fully saturated rings. The van der Waals surface area contributed by atoms with Crippen molar-refractivity contribution in [1.82, 2.24) is 60.0 Å². The maximum absolute atomic E-state index is 15.8. The molecule has 32 heteroatoms. The highest BCUT2D eigenvalue weighted by atomic mass is 32.2. The van der Waals surface area contributed by atoms with E-state index in [-0.39, 0.29) is 109 Å². The Balaban J connectivity index is 1.11. The third-order valence-electron chi connectivity index (χ3n) is 25.7. The molecule has 0 aromatic carbocycles. The van der Waals surface area contributed by atoms with Crippen molar-refractivity contribution in [2.75, 3.05) is 107 Å². The molecule has 5 unspecified atom stereocenters. The maximum Gasteiger partial charge on any atom is 0.397 e. The van der Waals surface area contributed by atoms with Crippen molar-refractivity contribution < 1.29 is 89.0 Å². The van der Waals surface area contributed by atoms with Crippen molar-refractivity contribution >= 4 is 82.6 Å². The SMILES string of the molecule is CCO[C@@H]1C[C@H]2C(=O)NC3(CCC3)C(=O)N(C)[C@@H](C3CCCC3)C(=O)N(C)[C@H](C(=O)N3CCOCC3)CC(=O)N(C)[C@@H](CC(C)C)C(=O)N[C@@H]([C@@H](C)CC)C(=O)N(C)CC(=O)N(C)[C@H]3CCCCCN(C3=O)[C@@H](CC3CCC4CCSC4C3)C(=O)N(C)CC(=O)N[C@@H](CCC3CC(F)C(C(F)(F)F)C(F)C3)C(=O)N2C1. The van der Waals surface area contributed by atoms with Crippen molar-refractivity contribution in [1.29, 1.82) is 0 Å². The van der Waals surface area contributed by atoms with Crippen molar-refractivity contribution in [3.63, 3.8) is 0 Å². The third-order valence-corrected chi connectivity index (χ3v) is 27.1. The lowest BCUT2D eigenvalue weighted by molar-refractivity contribution is -0.219. The summed E-state index contributed by atoms with van der Waals surface area (Å²) in [5, 5.41) is 9.03. The van der Waals surface area contributed by atoms with E-state index in [1.807, 2.05) is 32.5 Å². The fraction of sp³-hybridized carbons (Fsp3) is 0.846. The molecule has 3 N–H and O–H groups in total. The molecule has 5 heterocycles. The second-order valence-corrected chi connectivity index (χ2v) is 34.9. The van der Waals surface area contributed by atoms with E-state index in [2.05, 4.69) is 16.0 Å². The Morgan fingerprint density at radius 3 is 1.92 bits per heavy atom. The molecule has 26 nitrogen and oxygen atoms in total. The number of carbonyl (C=O) groups is 12. The van der Waals surface area contributed by atoms with Crippen molar-refractivity contribution in [2.24, 2.45) is 41.4 Å². The van der Waals surface area contributed by atoms with Crippen LogP contribution < -0.4 is 16.0 Å². The van der Waals surface area contributed by atoms with Crippen LogP contribution in [0.4, 0.5) is 22.0 Å². The summed E-state index contributed by atoms with van der Waals surface area (Å²) in [5.74, 6) is -11.8. The molecule has 2 bridgehead atoms. The van der Waals surface area contributed by atoms with Gasteiger partial charge in [-0.1, -0.05) is 66.2 Å². The number of morpholine rings is 1. The minimum atomic E-state index is -5.17. The largest absolute Gasteiger partial charge is 0.397 e. The summed E-state index contributed by atoms with van der Waals surface area (Å²) in [4.78, 5) is 195. The predicted octanol–water partition coefficient (Wildman–Crippen LogP) is 5.90. The Morgan fingerprint density at radius 1 is 0.627 bits per heavy atom. The van der Waals surface area contributed by atoms with Crippen LogP contribution in [0.15, 0.2) is 0 Å². The Kier molecular flexibility index (Phi) is 30.7. The van der Waals surface area contributed by atoms with Gasteiger partial charge in [-0.15, -0.1) is 0 Å². The topological polar surface area (TPSA) is 289 Å². The maximum atomic E-state index is 15.8. The number of thioether (sulfide) groups is 1. The van der Waals surface area contributed by atoms with Crippen LogP contribution in [0, 0.1) is 41.4 Å². The minimum Gasteiger partial charge on any atom is -0.378 e. The standard InChI is InChI=1S/C78H123F5N12O14S/c1-12-47(5)66-74(105)88(7)45-64(98)89(8)56-22-15-14-18-30-94(73(56)104)60(39-49-23-25-50-27-35-110-61(50)40-49)71(102)87(6)44-62(96)84-55(26-24-48-37-53(79)65(54(80)38-48)78(81,82)83)70(101)95-43-52(109-13-2)41-58(95)69(100)86-77(28-19-29-77)76(107)92(11)67(51-20-16-17-21-51)75(106)91(10)59(72(103)93-31-33-108-34-32-93)42-63(97)90(9)57(36-46(3)4)68(99)85-66/h46-61,65-67H,12-45H2,1-11H3,(H,84,96)(H,85,99)(H,86,100)/t47-,48?,49?,50?,52+,53?,54?,55-,56-,57-,58-,59-,60-,61?,65?,66-,67-/m0/s1. The summed E-state index contributed by atoms with van der Waals surface area (Å²) in [5.41, 5.74) is -1.65. The number of nitrogens with one attached hydrogen (secondary N) is 3. The summed E-state index contributed by atoms with van der Waals surface area (Å²) in [6.07, 6.45) is -4.84.